The molecule has 4 rings (SSSR count). The molecule has 2 aliphatic rings. The van der Waals surface area contributed by atoms with Gasteiger partial charge in [-0.1, -0.05) is 23.7 Å². The van der Waals surface area contributed by atoms with Gasteiger partial charge in [-0.2, -0.15) is 0 Å². The van der Waals surface area contributed by atoms with Crippen molar-refractivity contribution in [3.63, 3.8) is 0 Å². The molecule has 0 radical (unpaired) electrons. The number of anilines is 2. The van der Waals surface area contributed by atoms with Crippen molar-refractivity contribution in [2.24, 2.45) is 0 Å². The van der Waals surface area contributed by atoms with Gasteiger partial charge >= 0.3 is 0 Å². The minimum atomic E-state index is -0.300. The molecule has 0 atom stereocenters. The summed E-state index contributed by atoms with van der Waals surface area (Å²) < 4.78 is 5.38. The van der Waals surface area contributed by atoms with E-state index < -0.39 is 0 Å². The van der Waals surface area contributed by atoms with E-state index in [4.69, 9.17) is 16.3 Å². The van der Waals surface area contributed by atoms with Crippen molar-refractivity contribution < 1.29 is 14.3 Å². The predicted molar refractivity (Wildman–Crippen MR) is 132 cm³/mol. The lowest BCUT2D eigenvalue weighted by molar-refractivity contribution is 0.0374. The number of morpholine rings is 1. The van der Waals surface area contributed by atoms with Crippen molar-refractivity contribution in [2.75, 3.05) is 62.7 Å². The summed E-state index contributed by atoms with van der Waals surface area (Å²) >= 11 is 6.16. The van der Waals surface area contributed by atoms with E-state index in [1.54, 1.807) is 30.3 Å². The van der Waals surface area contributed by atoms with Gasteiger partial charge in [0.15, 0.2) is 0 Å². The highest BCUT2D eigenvalue weighted by atomic mass is 35.5. The van der Waals surface area contributed by atoms with Gasteiger partial charge in [-0.05, 0) is 56.1 Å². The first-order valence-electron chi connectivity index (χ1n) is 11.6. The molecule has 2 fully saturated rings. The standard InChI is InChI=1S/C25H31ClN4O3/c26-22-7-2-1-6-20(22)25(32)28-19-8-9-23(30-12-3-4-13-30)21(18-19)24(31)27-10-5-11-29-14-16-33-17-15-29/h1-2,6-9,18H,3-5,10-17H2,(H,27,31)(H,28,32). The van der Waals surface area contributed by atoms with E-state index in [2.05, 4.69) is 20.4 Å². The maximum Gasteiger partial charge on any atom is 0.257 e. The molecule has 2 aromatic carbocycles. The van der Waals surface area contributed by atoms with Crippen molar-refractivity contribution in [2.45, 2.75) is 19.3 Å². The Bertz CT molecular complexity index is 972. The van der Waals surface area contributed by atoms with Crippen LogP contribution in [0.2, 0.25) is 5.02 Å². The van der Waals surface area contributed by atoms with Crippen molar-refractivity contribution in [1.29, 1.82) is 0 Å². The maximum atomic E-state index is 13.1. The van der Waals surface area contributed by atoms with Gasteiger partial charge in [-0.3, -0.25) is 14.5 Å². The van der Waals surface area contributed by atoms with Gasteiger partial charge in [-0.25, -0.2) is 0 Å². The molecular weight excluding hydrogens is 440 g/mol. The first-order chi connectivity index (χ1) is 16.1. The molecule has 0 bridgehead atoms. The van der Waals surface area contributed by atoms with Crippen LogP contribution in [0.5, 0.6) is 0 Å². The summed E-state index contributed by atoms with van der Waals surface area (Å²) in [5, 5.41) is 6.34. The Morgan fingerprint density at radius 2 is 1.70 bits per heavy atom. The highest BCUT2D eigenvalue weighted by Crippen LogP contribution is 2.28. The Balaban J connectivity index is 1.43. The fourth-order valence-electron chi connectivity index (χ4n) is 4.30. The van der Waals surface area contributed by atoms with E-state index in [-0.39, 0.29) is 11.8 Å². The summed E-state index contributed by atoms with van der Waals surface area (Å²) in [5.41, 5.74) is 2.47. The lowest BCUT2D eigenvalue weighted by Crippen LogP contribution is -2.38. The monoisotopic (exact) mass is 470 g/mol. The summed E-state index contributed by atoms with van der Waals surface area (Å²) in [6, 6.07) is 12.5. The first-order valence-corrected chi connectivity index (χ1v) is 12.0. The topological polar surface area (TPSA) is 73.9 Å². The van der Waals surface area contributed by atoms with Crippen LogP contribution in [0.1, 0.15) is 40.0 Å². The molecule has 2 heterocycles. The number of amides is 2. The summed E-state index contributed by atoms with van der Waals surface area (Å²) in [4.78, 5) is 30.4. The molecule has 2 aromatic rings. The Morgan fingerprint density at radius 3 is 2.45 bits per heavy atom. The zero-order valence-electron chi connectivity index (χ0n) is 18.8. The number of halogens is 1. The van der Waals surface area contributed by atoms with E-state index >= 15 is 0 Å². The van der Waals surface area contributed by atoms with Crippen molar-refractivity contribution in [1.82, 2.24) is 10.2 Å². The highest BCUT2D eigenvalue weighted by molar-refractivity contribution is 6.34. The number of hydrogen-bond acceptors (Lipinski definition) is 5. The number of nitrogens with zero attached hydrogens (tertiary/aromatic N) is 2. The van der Waals surface area contributed by atoms with E-state index in [0.717, 1.165) is 70.9 Å². The largest absolute Gasteiger partial charge is 0.379 e. The van der Waals surface area contributed by atoms with Gasteiger partial charge in [0.05, 0.1) is 29.4 Å². The number of benzene rings is 2. The quantitative estimate of drug-likeness (QED) is 0.576. The molecule has 0 spiro atoms. The van der Waals surface area contributed by atoms with Crippen molar-refractivity contribution >= 4 is 34.8 Å². The van der Waals surface area contributed by atoms with Crippen LogP contribution in [-0.4, -0.2) is 69.2 Å². The average molecular weight is 471 g/mol. The van der Waals surface area contributed by atoms with Gasteiger partial charge in [0.2, 0.25) is 0 Å². The number of ether oxygens (including phenoxy) is 1. The summed E-state index contributed by atoms with van der Waals surface area (Å²) in [6.07, 6.45) is 3.12. The Hall–Kier alpha value is -2.61. The predicted octanol–water partition coefficient (Wildman–Crippen LogP) is 3.64. The van der Waals surface area contributed by atoms with E-state index in [1.807, 2.05) is 12.1 Å². The fraction of sp³-hybridized carbons (Fsp3) is 0.440. The number of rotatable bonds is 8. The minimum Gasteiger partial charge on any atom is -0.379 e. The molecule has 8 heteroatoms. The first kappa shape index (κ1) is 23.5. The van der Waals surface area contributed by atoms with Crippen molar-refractivity contribution in [3.8, 4) is 0 Å². The van der Waals surface area contributed by atoms with E-state index in [1.165, 1.54) is 0 Å². The van der Waals surface area contributed by atoms with E-state index in [9.17, 15) is 9.59 Å². The molecule has 7 nitrogen and oxygen atoms in total. The lowest BCUT2D eigenvalue weighted by Gasteiger charge is -2.26. The van der Waals surface area contributed by atoms with Gasteiger partial charge in [0, 0.05) is 44.1 Å². The molecule has 0 aliphatic carbocycles. The normalized spacial score (nSPS) is 16.6. The molecular formula is C25H31ClN4O3. The third kappa shape index (κ3) is 6.25. The lowest BCUT2D eigenvalue weighted by atomic mass is 10.1. The second kappa shape index (κ2) is 11.5. The van der Waals surface area contributed by atoms with Crippen LogP contribution in [-0.2, 0) is 4.74 Å². The smallest absolute Gasteiger partial charge is 0.257 e. The third-order valence-electron chi connectivity index (χ3n) is 6.10. The molecule has 2 amide bonds. The molecule has 176 valence electrons. The zero-order valence-corrected chi connectivity index (χ0v) is 19.6. The molecule has 0 aromatic heterocycles. The minimum absolute atomic E-state index is 0.118. The molecule has 0 saturated carbocycles. The Labute approximate surface area is 200 Å². The van der Waals surface area contributed by atoms with E-state index in [0.29, 0.717) is 28.4 Å². The van der Waals surface area contributed by atoms with Gasteiger partial charge in [0.1, 0.15) is 0 Å². The van der Waals surface area contributed by atoms with Crippen LogP contribution in [0.3, 0.4) is 0 Å². The van der Waals surface area contributed by atoms with Gasteiger partial charge < -0.3 is 20.3 Å². The second-order valence-corrected chi connectivity index (χ2v) is 8.83. The number of carbonyl (C=O) groups excluding carboxylic acids is 2. The average Bonchev–Trinajstić information content (AvgIpc) is 3.37. The van der Waals surface area contributed by atoms with Gasteiger partial charge in [-0.15, -0.1) is 0 Å². The van der Waals surface area contributed by atoms with Crippen LogP contribution in [0.4, 0.5) is 11.4 Å². The Kier molecular flexibility index (Phi) is 8.20. The summed E-state index contributed by atoms with van der Waals surface area (Å²) in [7, 11) is 0. The Morgan fingerprint density at radius 1 is 0.939 bits per heavy atom. The zero-order chi connectivity index (χ0) is 23.0. The van der Waals surface area contributed by atoms with Crippen LogP contribution in [0.25, 0.3) is 0 Å². The molecule has 2 aliphatic heterocycles. The number of hydrogen-bond donors (Lipinski definition) is 2. The van der Waals surface area contributed by atoms with Crippen LogP contribution in [0, 0.1) is 0 Å². The molecule has 33 heavy (non-hydrogen) atoms. The molecule has 0 unspecified atom stereocenters. The van der Waals surface area contributed by atoms with Gasteiger partial charge in [0.25, 0.3) is 11.8 Å². The van der Waals surface area contributed by atoms with Crippen LogP contribution in [0.15, 0.2) is 42.5 Å². The van der Waals surface area contributed by atoms with Crippen LogP contribution < -0.4 is 15.5 Å². The maximum absolute atomic E-state index is 13.1. The highest BCUT2D eigenvalue weighted by Gasteiger charge is 2.21. The fourth-order valence-corrected chi connectivity index (χ4v) is 4.52. The van der Waals surface area contributed by atoms with Crippen molar-refractivity contribution in [3.05, 3.63) is 58.6 Å². The molecule has 2 saturated heterocycles. The number of carbonyl (C=O) groups is 2. The summed E-state index contributed by atoms with van der Waals surface area (Å²) in [6.45, 7) is 6.85. The third-order valence-corrected chi connectivity index (χ3v) is 6.43. The number of nitrogens with one attached hydrogen (secondary N) is 2. The molecule has 2 N–H and O–H groups in total. The van der Waals surface area contributed by atoms with Crippen LogP contribution >= 0.6 is 11.6 Å². The second-order valence-electron chi connectivity index (χ2n) is 8.42. The summed E-state index contributed by atoms with van der Waals surface area (Å²) in [5.74, 6) is -0.417. The SMILES string of the molecule is O=C(Nc1ccc(N2CCCC2)c(C(=O)NCCCN2CCOCC2)c1)c1ccccc1Cl.